The van der Waals surface area contributed by atoms with Gasteiger partial charge >= 0.3 is 6.18 Å². The largest absolute Gasteiger partial charge is 0.413 e. The molecule has 3 heterocycles. The van der Waals surface area contributed by atoms with Crippen LogP contribution in [-0.2, 0) is 12.6 Å². The van der Waals surface area contributed by atoms with Crippen LogP contribution in [0.5, 0.6) is 0 Å². The number of rotatable bonds is 7. The van der Waals surface area contributed by atoms with Crippen molar-refractivity contribution in [1.82, 2.24) is 24.5 Å². The molecule has 3 aromatic heterocycles. The molecular weight excluding hydrogens is 595 g/mol. The van der Waals surface area contributed by atoms with Crippen molar-refractivity contribution in [1.29, 1.82) is 10.5 Å². The second-order valence-corrected chi connectivity index (χ2v) is 12.8. The lowest BCUT2D eigenvalue weighted by Crippen LogP contribution is -2.35. The van der Waals surface area contributed by atoms with Crippen molar-refractivity contribution in [3.63, 3.8) is 0 Å². The fourth-order valence-corrected chi connectivity index (χ4v) is 5.64. The highest BCUT2D eigenvalue weighted by atomic mass is 19.4. The Labute approximate surface area is 262 Å². The van der Waals surface area contributed by atoms with Crippen molar-refractivity contribution < 1.29 is 13.2 Å². The van der Waals surface area contributed by atoms with E-state index in [1.807, 2.05) is 20.8 Å². The van der Waals surface area contributed by atoms with Gasteiger partial charge in [-0.15, -0.1) is 5.10 Å². The van der Waals surface area contributed by atoms with E-state index in [-0.39, 0.29) is 35.1 Å². The molecule has 10 nitrogen and oxygen atoms in total. The summed E-state index contributed by atoms with van der Waals surface area (Å²) in [5.41, 5.74) is 0.907. The van der Waals surface area contributed by atoms with Crippen LogP contribution >= 0.6 is 0 Å². The molecule has 0 aliphatic heterocycles. The maximum absolute atomic E-state index is 14.0. The lowest BCUT2D eigenvalue weighted by Gasteiger charge is -2.23. The summed E-state index contributed by atoms with van der Waals surface area (Å²) < 4.78 is 44.4. The Balaban J connectivity index is 1.54. The minimum absolute atomic E-state index is 0.0947. The van der Waals surface area contributed by atoms with E-state index in [1.165, 1.54) is 23.0 Å². The first-order valence-electron chi connectivity index (χ1n) is 14.6. The van der Waals surface area contributed by atoms with Crippen LogP contribution in [-0.4, -0.2) is 37.3 Å². The van der Waals surface area contributed by atoms with Crippen LogP contribution in [0.2, 0.25) is 0 Å². The SMILES string of the molecule is Cn1c(=O)ccc2c(C(Nc3cc(C#N)c4ncc(C#N)c(NCC(C)(C)C)c4c3)c3cn(C4(C(F)(F)F)CC4)nn3)cccc21. The van der Waals surface area contributed by atoms with Crippen molar-refractivity contribution in [2.75, 3.05) is 17.2 Å². The number of hydrogen-bond donors (Lipinski definition) is 2. The summed E-state index contributed by atoms with van der Waals surface area (Å²) in [6, 6.07) is 15.3. The maximum Gasteiger partial charge on any atom is 0.413 e. The lowest BCUT2D eigenvalue weighted by molar-refractivity contribution is -0.182. The van der Waals surface area contributed by atoms with Crippen molar-refractivity contribution >= 4 is 33.2 Å². The predicted octanol–water partition coefficient (Wildman–Crippen LogP) is 6.13. The molecule has 2 aromatic carbocycles. The predicted molar refractivity (Wildman–Crippen MR) is 167 cm³/mol. The Morgan fingerprint density at radius 3 is 2.43 bits per heavy atom. The van der Waals surface area contributed by atoms with E-state index in [0.29, 0.717) is 50.9 Å². The number of benzene rings is 2. The molecule has 46 heavy (non-hydrogen) atoms. The fourth-order valence-electron chi connectivity index (χ4n) is 5.64. The molecular formula is C33H30F3N9O. The number of pyridine rings is 2. The Morgan fingerprint density at radius 2 is 1.78 bits per heavy atom. The van der Waals surface area contributed by atoms with Gasteiger partial charge in [-0.05, 0) is 48.1 Å². The van der Waals surface area contributed by atoms with E-state index in [9.17, 15) is 28.5 Å². The van der Waals surface area contributed by atoms with Gasteiger partial charge in [0.25, 0.3) is 5.56 Å². The van der Waals surface area contributed by atoms with E-state index in [1.54, 1.807) is 43.4 Å². The number of hydrogen-bond acceptors (Lipinski definition) is 8. The minimum Gasteiger partial charge on any atom is -0.383 e. The number of nitriles is 2. The third kappa shape index (κ3) is 5.28. The second-order valence-electron chi connectivity index (χ2n) is 12.8. The molecule has 1 atom stereocenters. The van der Waals surface area contributed by atoms with Crippen LogP contribution in [0, 0.1) is 28.1 Å². The van der Waals surface area contributed by atoms with Gasteiger partial charge < -0.3 is 15.2 Å². The summed E-state index contributed by atoms with van der Waals surface area (Å²) in [6.45, 7) is 6.67. The summed E-state index contributed by atoms with van der Waals surface area (Å²) in [6.07, 6.45) is -1.96. The number of aromatic nitrogens is 5. The number of aryl methyl sites for hydroxylation is 1. The van der Waals surface area contributed by atoms with E-state index >= 15 is 0 Å². The van der Waals surface area contributed by atoms with Gasteiger partial charge in [0.2, 0.25) is 0 Å². The summed E-state index contributed by atoms with van der Waals surface area (Å²) in [5.74, 6) is 0. The first kappa shape index (κ1) is 30.6. The van der Waals surface area contributed by atoms with E-state index in [0.717, 1.165) is 4.68 Å². The summed E-state index contributed by atoms with van der Waals surface area (Å²) in [5, 5.41) is 36.1. The molecule has 1 unspecified atom stereocenters. The average molecular weight is 626 g/mol. The molecule has 2 N–H and O–H groups in total. The molecule has 0 amide bonds. The average Bonchev–Trinajstić information content (AvgIpc) is 3.70. The number of alkyl halides is 3. The van der Waals surface area contributed by atoms with Gasteiger partial charge in [-0.1, -0.05) is 38.1 Å². The molecule has 234 valence electrons. The molecule has 1 aliphatic carbocycles. The first-order chi connectivity index (χ1) is 21.8. The smallest absolute Gasteiger partial charge is 0.383 e. The number of halogens is 3. The molecule has 0 saturated heterocycles. The lowest BCUT2D eigenvalue weighted by atomic mass is 9.96. The first-order valence-corrected chi connectivity index (χ1v) is 14.6. The highest BCUT2D eigenvalue weighted by Crippen LogP contribution is 2.55. The van der Waals surface area contributed by atoms with Crippen molar-refractivity contribution in [2.45, 2.75) is 51.4 Å². The van der Waals surface area contributed by atoms with Crippen LogP contribution in [0.4, 0.5) is 24.5 Å². The Morgan fingerprint density at radius 1 is 1.04 bits per heavy atom. The van der Waals surface area contributed by atoms with Crippen LogP contribution in [0.25, 0.3) is 21.8 Å². The second kappa shape index (κ2) is 10.9. The Bertz CT molecular complexity index is 2140. The molecule has 0 radical (unpaired) electrons. The van der Waals surface area contributed by atoms with Gasteiger partial charge in [0.05, 0.1) is 40.1 Å². The molecule has 0 bridgehead atoms. The van der Waals surface area contributed by atoms with E-state index in [2.05, 4.69) is 38.1 Å². The minimum atomic E-state index is -4.50. The number of fused-ring (bicyclic) bond motifs is 2. The van der Waals surface area contributed by atoms with Gasteiger partial charge in [-0.3, -0.25) is 9.78 Å². The fraction of sp³-hybridized carbons (Fsp3) is 0.333. The molecule has 1 aliphatic rings. The maximum atomic E-state index is 14.0. The standard InChI is InChI=1S/C33H30F3N9O/c1-31(2,3)18-40-29-20(15-38)16-39-28-19(14-37)12-21(13-24(28)29)41-30(23-6-5-7-26-22(23)8-9-27(46)44(26)4)25-17-45(43-42-25)32(10-11-32)33(34,35)36/h5-9,12-13,16-17,30,41H,10-11,18H2,1-4H3,(H,39,40). The highest BCUT2D eigenvalue weighted by molar-refractivity contribution is 5.99. The molecule has 1 saturated carbocycles. The van der Waals surface area contributed by atoms with Crippen LogP contribution in [0.1, 0.15) is 62.0 Å². The summed E-state index contributed by atoms with van der Waals surface area (Å²) >= 11 is 0. The third-order valence-corrected chi connectivity index (χ3v) is 8.33. The van der Waals surface area contributed by atoms with Crippen molar-refractivity contribution in [3.8, 4) is 12.1 Å². The summed E-state index contributed by atoms with van der Waals surface area (Å²) in [7, 11) is 1.64. The highest BCUT2D eigenvalue weighted by Gasteiger charge is 2.66. The van der Waals surface area contributed by atoms with Gasteiger partial charge in [-0.2, -0.15) is 23.7 Å². The number of nitrogens with zero attached hydrogens (tertiary/aromatic N) is 7. The van der Waals surface area contributed by atoms with Crippen molar-refractivity contribution in [3.05, 3.63) is 87.6 Å². The molecule has 5 aromatic rings. The molecule has 6 rings (SSSR count). The van der Waals surface area contributed by atoms with Gasteiger partial charge in [-0.25, -0.2) is 4.68 Å². The monoisotopic (exact) mass is 625 g/mol. The van der Waals surface area contributed by atoms with Gasteiger partial charge in [0, 0.05) is 42.3 Å². The Hall–Kier alpha value is -5.43. The van der Waals surface area contributed by atoms with Crippen LogP contribution in [0.15, 0.2) is 59.7 Å². The van der Waals surface area contributed by atoms with Crippen LogP contribution < -0.4 is 16.2 Å². The third-order valence-electron chi connectivity index (χ3n) is 8.33. The molecule has 13 heteroatoms. The van der Waals surface area contributed by atoms with E-state index in [4.69, 9.17) is 0 Å². The van der Waals surface area contributed by atoms with Gasteiger partial charge in [0.1, 0.15) is 17.8 Å². The number of anilines is 2. The number of nitrogens with one attached hydrogen (secondary N) is 2. The van der Waals surface area contributed by atoms with Crippen molar-refractivity contribution in [2.24, 2.45) is 12.5 Å². The quantitative estimate of drug-likeness (QED) is 0.220. The summed E-state index contributed by atoms with van der Waals surface area (Å²) in [4.78, 5) is 16.8. The zero-order valence-electron chi connectivity index (χ0n) is 25.6. The normalized spacial score (nSPS) is 14.9. The van der Waals surface area contributed by atoms with Crippen LogP contribution in [0.3, 0.4) is 0 Å². The topological polar surface area (TPSA) is 137 Å². The zero-order valence-corrected chi connectivity index (χ0v) is 25.6. The zero-order chi connectivity index (χ0) is 33.0. The molecule has 0 spiro atoms. The van der Waals surface area contributed by atoms with E-state index < -0.39 is 17.8 Å². The van der Waals surface area contributed by atoms with Gasteiger partial charge in [0.15, 0.2) is 5.54 Å². The Kier molecular flexibility index (Phi) is 7.23. The molecule has 1 fully saturated rings.